The minimum absolute atomic E-state index is 0. The molecule has 3 heterocycles. The predicted octanol–water partition coefficient (Wildman–Crippen LogP) is 21.1. The van der Waals surface area contributed by atoms with Crippen LogP contribution in [0.25, 0.3) is 0 Å². The molecule has 6 atom stereocenters. The zero-order valence-corrected chi connectivity index (χ0v) is 68.1. The molecule has 3 aliphatic heterocycles. The van der Waals surface area contributed by atoms with Gasteiger partial charge in [-0.15, -0.1) is 37.2 Å². The zero-order valence-electron chi connectivity index (χ0n) is 64.1. The van der Waals surface area contributed by atoms with Crippen molar-refractivity contribution in [1.82, 2.24) is 25.8 Å². The molecule has 1 saturated heterocycles. The average molecular weight is 1610 g/mol. The molecule has 9 aromatic rings. The maximum atomic E-state index is 13.2. The summed E-state index contributed by atoms with van der Waals surface area (Å²) in [6.45, 7) is 6.57. The van der Waals surface area contributed by atoms with E-state index in [0.29, 0.717) is 46.2 Å². The first-order chi connectivity index (χ1) is 51.8. The number of piperidine rings is 1. The van der Waals surface area contributed by atoms with E-state index in [1.54, 1.807) is 7.11 Å². The Morgan fingerprint density at radius 3 is 1.86 bits per heavy atom. The van der Waals surface area contributed by atoms with Gasteiger partial charge in [-0.1, -0.05) is 164 Å². The Balaban J connectivity index is 0.000000190. The number of rotatable bonds is 21. The van der Waals surface area contributed by atoms with Gasteiger partial charge in [0.1, 0.15) is 29.2 Å². The second kappa shape index (κ2) is 44.8. The fourth-order valence-electron chi connectivity index (χ4n) is 15.2. The molecule has 21 heteroatoms. The van der Waals surface area contributed by atoms with Crippen molar-refractivity contribution in [3.63, 3.8) is 0 Å². The molecule has 594 valence electrons. The zero-order chi connectivity index (χ0) is 75.7. The number of alkyl halides is 3. The Labute approximate surface area is 678 Å². The maximum absolute atomic E-state index is 13.2. The number of benzene rings is 9. The number of aliphatic hydroxyl groups is 1. The highest BCUT2D eigenvalue weighted by atomic mass is 35.5. The number of likely N-dealkylation sites (N-methyl/N-ethyl adjacent to an activating group) is 1. The van der Waals surface area contributed by atoms with Crippen LogP contribution in [0.3, 0.4) is 0 Å². The molecular weight excluding hydrogens is 1500 g/mol. The summed E-state index contributed by atoms with van der Waals surface area (Å²) in [5.41, 5.74) is 11.9. The molecule has 110 heavy (non-hydrogen) atoms. The molecule has 0 radical (unpaired) electrons. The lowest BCUT2D eigenvalue weighted by Crippen LogP contribution is -2.42. The summed E-state index contributed by atoms with van der Waals surface area (Å²) in [5.74, 6) is 4.66. The molecule has 0 bridgehead atoms. The van der Waals surface area contributed by atoms with Crippen LogP contribution in [0.1, 0.15) is 144 Å². The topological polar surface area (TPSA) is 112 Å². The number of ether oxygens (including phenoxy) is 5. The number of para-hydroxylation sites is 2. The Bertz CT molecular complexity index is 4120. The summed E-state index contributed by atoms with van der Waals surface area (Å²) in [7, 11) is 14.0. The highest BCUT2D eigenvalue weighted by molar-refractivity contribution is 6.42. The van der Waals surface area contributed by atoms with Crippen LogP contribution in [-0.4, -0.2) is 123 Å². The van der Waals surface area contributed by atoms with Crippen molar-refractivity contribution < 1.29 is 46.4 Å². The normalized spacial score (nSPS) is 17.6. The lowest BCUT2D eigenvalue weighted by Gasteiger charge is -2.40. The number of hydrogen-bond acceptors (Lipinski definition) is 12. The van der Waals surface area contributed by atoms with E-state index in [1.807, 2.05) is 99.0 Å². The van der Waals surface area contributed by atoms with E-state index in [-0.39, 0.29) is 61.9 Å². The average Bonchev–Trinajstić information content (AvgIpc) is 0.984. The van der Waals surface area contributed by atoms with Gasteiger partial charge in [-0.05, 0) is 249 Å². The van der Waals surface area contributed by atoms with E-state index in [0.717, 1.165) is 144 Å². The standard InChI is InChI=1S/C19H20FNO3.C19H24N2.C17H17Cl2N.C17H18F3NO.C17H27NO2.3ClH/c20-15-3-1-13(2-4-15)17-7-8-21-10-14(17)11-22-16-5-6-18-19(9-16)24-12-23-18;1-20(2)14-7-15-21-18-10-5-3-8-16(18)12-13-17-9-4-6-11-19(17)21;1-20-17-9-7-12(13-4-2-3-5-14(13)17)11-6-8-15(18)16(19)10-11;1-21-12-11-16(13-5-3-2-4-6-13)22-15-9-7-14(8-10-15)17(18,19)20;1-18(2)13-16(17(19)11-5-4-6-12-17)14-7-9-15(20-3)10-8-14;;;/h1-6,9,14,17,21H,7-8,10-12H2;3-6,8-11H,7,12-15H2,1-2H3;2-6,8,10,12,17,20H,7,9H2,1H3;2-10,16,21H,11-12H2,1H3;7-10,16,19H,4-6,11-13H2,1-3H3;3*1H/t14-,17-;;12-,17-;;;;;/m0.0...../s1. The van der Waals surface area contributed by atoms with Crippen LogP contribution in [0.15, 0.2) is 212 Å². The minimum Gasteiger partial charge on any atom is -0.497 e. The summed E-state index contributed by atoms with van der Waals surface area (Å²) >= 11 is 12.2. The van der Waals surface area contributed by atoms with Crippen LogP contribution in [0, 0.1) is 11.7 Å². The van der Waals surface area contributed by atoms with Crippen molar-refractivity contribution in [2.45, 2.75) is 119 Å². The third-order valence-corrected chi connectivity index (χ3v) is 21.6. The van der Waals surface area contributed by atoms with Crippen LogP contribution in [0.5, 0.6) is 28.7 Å². The Hall–Kier alpha value is -7.29. The molecule has 0 amide bonds. The van der Waals surface area contributed by atoms with Crippen LogP contribution < -0.4 is 44.5 Å². The van der Waals surface area contributed by atoms with Crippen LogP contribution in [-0.2, 0) is 19.0 Å². The highest BCUT2D eigenvalue weighted by Gasteiger charge is 2.39. The fraction of sp³-hybridized carbons (Fsp3) is 0.393. The first-order valence-corrected chi connectivity index (χ1v) is 38.4. The summed E-state index contributed by atoms with van der Waals surface area (Å²) in [4.78, 5) is 6.94. The molecule has 2 aliphatic carbocycles. The number of nitrogens with one attached hydrogen (secondary N) is 3. The summed E-state index contributed by atoms with van der Waals surface area (Å²) in [6.07, 6.45) is 8.28. The highest BCUT2D eigenvalue weighted by Crippen LogP contribution is 2.45. The smallest absolute Gasteiger partial charge is 0.416 e. The molecule has 5 aliphatic rings. The van der Waals surface area contributed by atoms with Crippen LogP contribution >= 0.6 is 60.4 Å². The van der Waals surface area contributed by atoms with Crippen LogP contribution in [0.4, 0.5) is 28.9 Å². The van der Waals surface area contributed by atoms with E-state index in [9.17, 15) is 22.7 Å². The van der Waals surface area contributed by atoms with Gasteiger partial charge in [0.05, 0.1) is 34.9 Å². The summed E-state index contributed by atoms with van der Waals surface area (Å²) in [5, 5.41) is 22.2. The number of methoxy groups -OCH3 is 1. The van der Waals surface area contributed by atoms with Crippen molar-refractivity contribution in [3.8, 4) is 28.7 Å². The molecule has 0 spiro atoms. The lowest BCUT2D eigenvalue weighted by molar-refractivity contribution is -0.137. The van der Waals surface area contributed by atoms with Crippen molar-refractivity contribution in [2.24, 2.45) is 5.92 Å². The largest absolute Gasteiger partial charge is 0.497 e. The fourth-order valence-corrected chi connectivity index (χ4v) is 15.5. The second-order valence-corrected chi connectivity index (χ2v) is 29.6. The number of halogens is 9. The number of hydrogen-bond donors (Lipinski definition) is 4. The number of aryl methyl sites for hydroxylation is 2. The second-order valence-electron chi connectivity index (χ2n) is 28.8. The van der Waals surface area contributed by atoms with E-state index >= 15 is 0 Å². The summed E-state index contributed by atoms with van der Waals surface area (Å²) in [6, 6.07) is 67.9. The molecule has 12 nitrogen and oxygen atoms in total. The van der Waals surface area contributed by atoms with Crippen molar-refractivity contribution in [2.75, 3.05) is 107 Å². The molecule has 4 N–H and O–H groups in total. The number of fused-ring (bicyclic) bond motifs is 4. The van der Waals surface area contributed by atoms with Gasteiger partial charge < -0.3 is 59.4 Å². The molecule has 1 saturated carbocycles. The Morgan fingerprint density at radius 1 is 0.636 bits per heavy atom. The van der Waals surface area contributed by atoms with Gasteiger partial charge in [0.15, 0.2) is 11.5 Å². The minimum atomic E-state index is -4.33. The van der Waals surface area contributed by atoms with Gasteiger partial charge in [0.25, 0.3) is 0 Å². The molecule has 2 fully saturated rings. The third kappa shape index (κ3) is 25.6. The van der Waals surface area contributed by atoms with E-state index in [4.69, 9.17) is 46.9 Å². The SMILES string of the molecule is CN(C)CCCN1c2ccccc2CCc2ccccc21.CNCCC(Oc1ccc(C(F)(F)F)cc1)c1ccccc1.CN[C@H]1CC[C@@H](c2ccc(Cl)c(Cl)c2)c2ccccc21.COc1ccc(C(CN(C)C)C2(O)CCCCC2)cc1.Cl.Cl.Cl.Fc1ccc([C@@H]2CCNC[C@H]2COc2ccc3c(c2)OCO3)cc1. The van der Waals surface area contributed by atoms with Gasteiger partial charge >= 0.3 is 6.18 Å². The number of anilines is 2. The van der Waals surface area contributed by atoms with Gasteiger partial charge in [-0.25, -0.2) is 4.39 Å². The van der Waals surface area contributed by atoms with Gasteiger partial charge in [-0.2, -0.15) is 13.2 Å². The van der Waals surface area contributed by atoms with E-state index < -0.39 is 17.3 Å². The molecule has 14 rings (SSSR count). The molecular formula is C89H109Cl5F4N6O6. The number of nitrogens with zero attached hydrogens (tertiary/aromatic N) is 3. The Morgan fingerprint density at radius 2 is 1.25 bits per heavy atom. The third-order valence-electron chi connectivity index (χ3n) is 20.8. The molecule has 2 unspecified atom stereocenters. The van der Waals surface area contributed by atoms with Crippen LogP contribution in [0.2, 0.25) is 10.0 Å². The predicted molar refractivity (Wildman–Crippen MR) is 448 cm³/mol. The lowest BCUT2D eigenvalue weighted by atomic mass is 9.72. The van der Waals surface area contributed by atoms with Crippen molar-refractivity contribution >= 4 is 71.8 Å². The van der Waals surface area contributed by atoms with Crippen molar-refractivity contribution in [1.29, 1.82) is 0 Å². The van der Waals surface area contributed by atoms with E-state index in [2.05, 4.69) is 150 Å². The molecule has 0 aromatic heterocycles. The van der Waals surface area contributed by atoms with Gasteiger partial charge in [-0.3, -0.25) is 0 Å². The molecule has 9 aromatic carbocycles. The first kappa shape index (κ1) is 89.9. The summed E-state index contributed by atoms with van der Waals surface area (Å²) < 4.78 is 78.6. The first-order valence-electron chi connectivity index (χ1n) is 37.6. The van der Waals surface area contributed by atoms with Crippen molar-refractivity contribution in [3.05, 3.63) is 278 Å². The van der Waals surface area contributed by atoms with Gasteiger partial charge in [0.2, 0.25) is 6.79 Å². The monoisotopic (exact) mass is 1610 g/mol. The quantitative estimate of drug-likeness (QED) is 0.0514. The van der Waals surface area contributed by atoms with Gasteiger partial charge in [0, 0.05) is 67.3 Å². The maximum Gasteiger partial charge on any atom is 0.416 e. The Kier molecular flexibility index (Phi) is 36.6. The van der Waals surface area contributed by atoms with E-state index in [1.165, 1.54) is 87.4 Å².